The van der Waals surface area contributed by atoms with Crippen LogP contribution >= 0.6 is 0 Å². The molecule has 2 saturated heterocycles. The minimum atomic E-state index is -0.121. The van der Waals surface area contributed by atoms with Crippen LogP contribution in [0.3, 0.4) is 0 Å². The first kappa shape index (κ1) is 18.3. The fourth-order valence-electron chi connectivity index (χ4n) is 3.87. The molecule has 3 rings (SSSR count). The van der Waals surface area contributed by atoms with Gasteiger partial charge in [0.05, 0.1) is 6.10 Å². The summed E-state index contributed by atoms with van der Waals surface area (Å²) in [4.78, 5) is 16.2. The molecule has 0 spiro atoms. The number of hydrogen-bond donors (Lipinski definition) is 0. The summed E-state index contributed by atoms with van der Waals surface area (Å²) >= 11 is 0. The van der Waals surface area contributed by atoms with E-state index < -0.39 is 0 Å². The quantitative estimate of drug-likeness (QED) is 0.792. The average molecular weight is 348 g/mol. The van der Waals surface area contributed by atoms with Crippen molar-refractivity contribution >= 4 is 5.91 Å². The number of halogens is 1. The topological polar surface area (TPSA) is 32.8 Å². The summed E-state index contributed by atoms with van der Waals surface area (Å²) in [5.74, 6) is 0.551. The molecule has 138 valence electrons. The van der Waals surface area contributed by atoms with E-state index in [9.17, 15) is 9.18 Å². The molecule has 0 unspecified atom stereocenters. The van der Waals surface area contributed by atoms with Crippen LogP contribution in [0.2, 0.25) is 0 Å². The first-order valence-corrected chi connectivity index (χ1v) is 9.44. The van der Waals surface area contributed by atoms with Crippen LogP contribution in [0.15, 0.2) is 24.3 Å². The van der Waals surface area contributed by atoms with Gasteiger partial charge in [-0.3, -0.25) is 9.69 Å². The Morgan fingerprint density at radius 3 is 2.64 bits per heavy atom. The molecule has 0 N–H and O–H groups in total. The van der Waals surface area contributed by atoms with Crippen molar-refractivity contribution in [2.45, 2.75) is 45.3 Å². The van der Waals surface area contributed by atoms with Crippen molar-refractivity contribution in [2.24, 2.45) is 5.92 Å². The maximum absolute atomic E-state index is 13.8. The second-order valence-electron chi connectivity index (χ2n) is 7.37. The number of amides is 1. The van der Waals surface area contributed by atoms with Gasteiger partial charge in [-0.25, -0.2) is 4.39 Å². The summed E-state index contributed by atoms with van der Waals surface area (Å²) in [6.07, 6.45) is 4.49. The van der Waals surface area contributed by atoms with Crippen molar-refractivity contribution in [3.8, 4) is 0 Å². The summed E-state index contributed by atoms with van der Waals surface area (Å²) in [5, 5.41) is 0. The van der Waals surface area contributed by atoms with Crippen LogP contribution in [0.1, 0.15) is 38.2 Å². The van der Waals surface area contributed by atoms with Gasteiger partial charge in [-0.1, -0.05) is 18.2 Å². The van der Waals surface area contributed by atoms with E-state index in [-0.39, 0.29) is 17.8 Å². The molecule has 5 heteroatoms. The molecule has 2 aliphatic rings. The van der Waals surface area contributed by atoms with Crippen molar-refractivity contribution in [3.63, 3.8) is 0 Å². The molecule has 1 aromatic rings. The molecule has 4 nitrogen and oxygen atoms in total. The second-order valence-corrected chi connectivity index (χ2v) is 7.37. The van der Waals surface area contributed by atoms with E-state index in [0.717, 1.165) is 64.0 Å². The van der Waals surface area contributed by atoms with Crippen LogP contribution < -0.4 is 0 Å². The van der Waals surface area contributed by atoms with E-state index in [4.69, 9.17) is 4.74 Å². The van der Waals surface area contributed by atoms with Gasteiger partial charge >= 0.3 is 0 Å². The minimum absolute atomic E-state index is 0.121. The number of carbonyl (C=O) groups is 1. The number of carbonyl (C=O) groups excluding carboxylic acids is 1. The molecular weight excluding hydrogens is 319 g/mol. The van der Waals surface area contributed by atoms with Gasteiger partial charge in [0.1, 0.15) is 5.82 Å². The molecule has 25 heavy (non-hydrogen) atoms. The van der Waals surface area contributed by atoms with Crippen LogP contribution in [0.25, 0.3) is 0 Å². The van der Waals surface area contributed by atoms with E-state index >= 15 is 0 Å². The van der Waals surface area contributed by atoms with E-state index in [2.05, 4.69) is 4.90 Å². The molecule has 0 bridgehead atoms. The molecule has 2 fully saturated rings. The molecule has 1 atom stereocenters. The maximum Gasteiger partial charge on any atom is 0.219 e. The summed E-state index contributed by atoms with van der Waals surface area (Å²) in [5.41, 5.74) is 0.768. The van der Waals surface area contributed by atoms with Crippen molar-refractivity contribution in [2.75, 3.05) is 32.8 Å². The third kappa shape index (κ3) is 5.25. The van der Waals surface area contributed by atoms with Gasteiger partial charge in [0.15, 0.2) is 0 Å². The van der Waals surface area contributed by atoms with Crippen LogP contribution in [0.5, 0.6) is 0 Å². The Labute approximate surface area is 149 Å². The Kier molecular flexibility index (Phi) is 6.43. The number of benzene rings is 1. The van der Waals surface area contributed by atoms with E-state index in [1.165, 1.54) is 6.07 Å². The lowest BCUT2D eigenvalue weighted by Crippen LogP contribution is -2.42. The molecule has 0 aliphatic carbocycles. The third-order valence-electron chi connectivity index (χ3n) is 5.43. The van der Waals surface area contributed by atoms with Gasteiger partial charge in [0.2, 0.25) is 5.91 Å². The summed E-state index contributed by atoms with van der Waals surface area (Å²) in [7, 11) is 0. The van der Waals surface area contributed by atoms with Gasteiger partial charge in [0, 0.05) is 38.7 Å². The zero-order chi connectivity index (χ0) is 17.6. The van der Waals surface area contributed by atoms with Crippen LogP contribution in [0, 0.1) is 11.7 Å². The molecule has 2 heterocycles. The number of hydrogen-bond acceptors (Lipinski definition) is 3. The van der Waals surface area contributed by atoms with E-state index in [1.807, 2.05) is 17.0 Å². The molecule has 1 amide bonds. The highest BCUT2D eigenvalue weighted by Crippen LogP contribution is 2.22. The number of piperidine rings is 1. The number of likely N-dealkylation sites (tertiary alicyclic amines) is 1. The summed E-state index contributed by atoms with van der Waals surface area (Å²) < 4.78 is 19.5. The van der Waals surface area contributed by atoms with Gasteiger partial charge in [-0.15, -0.1) is 0 Å². The first-order chi connectivity index (χ1) is 12.1. The van der Waals surface area contributed by atoms with Gasteiger partial charge in [0.25, 0.3) is 0 Å². The van der Waals surface area contributed by atoms with Gasteiger partial charge in [-0.2, -0.15) is 0 Å². The number of ether oxygens (including phenoxy) is 1. The first-order valence-electron chi connectivity index (χ1n) is 9.44. The average Bonchev–Trinajstić information content (AvgIpc) is 3.11. The lowest BCUT2D eigenvalue weighted by molar-refractivity contribution is -0.131. The SMILES string of the molecule is CC(=O)N(CC1CCN(Cc2ccccc2F)CC1)C[C@@H]1CCCO1. The molecule has 0 saturated carbocycles. The van der Waals surface area contributed by atoms with Crippen molar-refractivity contribution in [1.82, 2.24) is 9.80 Å². The van der Waals surface area contributed by atoms with Gasteiger partial charge in [-0.05, 0) is 50.8 Å². The van der Waals surface area contributed by atoms with E-state index in [1.54, 1.807) is 13.0 Å². The lowest BCUT2D eigenvalue weighted by atomic mass is 9.95. The second kappa shape index (κ2) is 8.77. The summed E-state index contributed by atoms with van der Waals surface area (Å²) in [6, 6.07) is 7.01. The Morgan fingerprint density at radius 2 is 2.00 bits per heavy atom. The largest absolute Gasteiger partial charge is 0.376 e. The van der Waals surface area contributed by atoms with Crippen LogP contribution in [-0.4, -0.2) is 54.6 Å². The molecular formula is C20H29FN2O2. The molecule has 1 aromatic carbocycles. The number of rotatable bonds is 6. The Bertz CT molecular complexity index is 567. The summed E-state index contributed by atoms with van der Waals surface area (Å²) in [6.45, 7) is 6.63. The fraction of sp³-hybridized carbons (Fsp3) is 0.650. The minimum Gasteiger partial charge on any atom is -0.376 e. The number of nitrogens with zero attached hydrogens (tertiary/aromatic N) is 2. The monoisotopic (exact) mass is 348 g/mol. The van der Waals surface area contributed by atoms with E-state index in [0.29, 0.717) is 12.5 Å². The zero-order valence-corrected chi connectivity index (χ0v) is 15.1. The Balaban J connectivity index is 1.46. The molecule has 0 radical (unpaired) electrons. The fourth-order valence-corrected chi connectivity index (χ4v) is 3.87. The maximum atomic E-state index is 13.8. The smallest absolute Gasteiger partial charge is 0.219 e. The van der Waals surface area contributed by atoms with Crippen molar-refractivity contribution in [3.05, 3.63) is 35.6 Å². The highest BCUT2D eigenvalue weighted by molar-refractivity contribution is 5.73. The predicted molar refractivity (Wildman–Crippen MR) is 95.6 cm³/mol. The standard InChI is InChI=1S/C20H29FN2O2/c1-16(24)23(15-19-6-4-12-25-19)13-17-8-10-22(11-9-17)14-18-5-2-3-7-20(18)21/h2-3,5,7,17,19H,4,6,8-15H2,1H3/t19-/m0/s1. The highest BCUT2D eigenvalue weighted by Gasteiger charge is 2.26. The molecule has 0 aromatic heterocycles. The van der Waals surface area contributed by atoms with Gasteiger partial charge < -0.3 is 9.64 Å². The third-order valence-corrected chi connectivity index (χ3v) is 5.43. The lowest BCUT2D eigenvalue weighted by Gasteiger charge is -2.35. The Morgan fingerprint density at radius 1 is 1.24 bits per heavy atom. The normalized spacial score (nSPS) is 22.2. The highest BCUT2D eigenvalue weighted by atomic mass is 19.1. The van der Waals surface area contributed by atoms with Crippen LogP contribution in [-0.2, 0) is 16.1 Å². The van der Waals surface area contributed by atoms with Crippen molar-refractivity contribution < 1.29 is 13.9 Å². The molecule has 2 aliphatic heterocycles. The predicted octanol–water partition coefficient (Wildman–Crippen LogP) is 3.07. The zero-order valence-electron chi connectivity index (χ0n) is 15.1. The Hall–Kier alpha value is -1.46. The van der Waals surface area contributed by atoms with Crippen LogP contribution in [0.4, 0.5) is 4.39 Å². The van der Waals surface area contributed by atoms with Crippen molar-refractivity contribution in [1.29, 1.82) is 0 Å².